The van der Waals surface area contributed by atoms with E-state index in [1.807, 2.05) is 24.3 Å². The molecule has 1 heterocycles. The van der Waals surface area contributed by atoms with Crippen LogP contribution >= 0.6 is 11.3 Å². The van der Waals surface area contributed by atoms with E-state index in [4.69, 9.17) is 5.73 Å². The lowest BCUT2D eigenvalue weighted by atomic mass is 10.1. The van der Waals surface area contributed by atoms with E-state index in [9.17, 15) is 9.59 Å². The summed E-state index contributed by atoms with van der Waals surface area (Å²) < 4.78 is 0.935. The topological polar surface area (TPSA) is 109 Å². The van der Waals surface area contributed by atoms with Crippen molar-refractivity contribution >= 4 is 56.5 Å². The number of nitrogens with zero attached hydrogens (tertiary/aromatic N) is 1. The number of carbonyl (C=O) groups excluding carboxylic acids is 2. The number of nitrogens with one attached hydrogen (secondary N) is 3. The fraction of sp³-hybridized carbons (Fsp3) is 0.0952. The molecule has 2 amide bonds. The molecule has 0 aliphatic carbocycles. The molecule has 1 aromatic heterocycles. The van der Waals surface area contributed by atoms with Crippen LogP contribution in [-0.2, 0) is 4.79 Å². The highest BCUT2D eigenvalue weighted by Gasteiger charge is 2.12. The van der Waals surface area contributed by atoms with Gasteiger partial charge in [0.15, 0.2) is 0 Å². The van der Waals surface area contributed by atoms with Gasteiger partial charge in [-0.1, -0.05) is 12.6 Å². The summed E-state index contributed by atoms with van der Waals surface area (Å²) in [5.74, 6) is 0.138. The lowest BCUT2D eigenvalue weighted by Crippen LogP contribution is -2.15. The van der Waals surface area contributed by atoms with Crippen LogP contribution in [0.1, 0.15) is 22.2 Å². The fourth-order valence-electron chi connectivity index (χ4n) is 2.72. The summed E-state index contributed by atoms with van der Waals surface area (Å²) in [5.41, 5.74) is 8.98. The van der Waals surface area contributed by atoms with Crippen LogP contribution in [0.15, 0.2) is 59.9 Å². The van der Waals surface area contributed by atoms with Crippen molar-refractivity contribution < 1.29 is 9.59 Å². The number of fused-ring (bicyclic) bond motifs is 1. The van der Waals surface area contributed by atoms with Crippen LogP contribution in [0.3, 0.4) is 0 Å². The van der Waals surface area contributed by atoms with E-state index in [-0.39, 0.29) is 11.8 Å². The Bertz CT molecular complexity index is 1130. The maximum Gasteiger partial charge on any atom is 0.261 e. The molecule has 3 rings (SSSR count). The smallest absolute Gasteiger partial charge is 0.261 e. The maximum atomic E-state index is 11.8. The highest BCUT2D eigenvalue weighted by molar-refractivity contribution is 7.20. The standard InChI is InChI=1S/C21H21N5O2S/c1-12(25-15-5-4-6-16(9-15)26-13(2)27)24-11-14-7-8-18-17(20(14)22)10-19(29-18)21(28)23-3/h4-11,25H,1,22H2,2-3H3,(H,23,28)(H,26,27). The molecule has 0 saturated heterocycles. The number of hydrogen-bond donors (Lipinski definition) is 4. The third-order valence-corrected chi connectivity index (χ3v) is 5.16. The SMILES string of the molecule is C=C(N=Cc1ccc2sc(C(=O)NC)cc2c1N)Nc1cccc(NC(C)=O)c1. The molecular weight excluding hydrogens is 386 g/mol. The first kappa shape index (κ1) is 20.1. The average molecular weight is 407 g/mol. The summed E-state index contributed by atoms with van der Waals surface area (Å²) >= 11 is 1.39. The number of thiophene rings is 1. The number of nitrogen functional groups attached to an aromatic ring is 1. The molecule has 3 aromatic rings. The van der Waals surface area contributed by atoms with Gasteiger partial charge in [0.05, 0.1) is 4.88 Å². The van der Waals surface area contributed by atoms with Crippen LogP contribution in [-0.4, -0.2) is 25.1 Å². The molecule has 29 heavy (non-hydrogen) atoms. The zero-order chi connectivity index (χ0) is 21.0. The normalized spacial score (nSPS) is 10.8. The van der Waals surface area contributed by atoms with Crippen molar-refractivity contribution in [2.45, 2.75) is 6.92 Å². The van der Waals surface area contributed by atoms with Crippen molar-refractivity contribution in [3.63, 3.8) is 0 Å². The Balaban J connectivity index is 1.76. The summed E-state index contributed by atoms with van der Waals surface area (Å²) in [6, 6.07) is 12.8. The Morgan fingerprint density at radius 2 is 1.86 bits per heavy atom. The number of carbonyl (C=O) groups is 2. The molecule has 5 N–H and O–H groups in total. The van der Waals surface area contributed by atoms with Crippen LogP contribution in [0.25, 0.3) is 10.1 Å². The summed E-state index contributed by atoms with van der Waals surface area (Å²) in [4.78, 5) is 28.0. The summed E-state index contributed by atoms with van der Waals surface area (Å²) in [5, 5.41) is 9.23. The van der Waals surface area contributed by atoms with Crippen molar-refractivity contribution in [2.24, 2.45) is 4.99 Å². The molecule has 0 aliphatic heterocycles. The first-order chi connectivity index (χ1) is 13.9. The van der Waals surface area contributed by atoms with E-state index in [2.05, 4.69) is 27.5 Å². The molecule has 2 aromatic carbocycles. The number of hydrogen-bond acceptors (Lipinski definition) is 6. The van der Waals surface area contributed by atoms with Gasteiger partial charge in [-0.05, 0) is 36.4 Å². The Hall–Kier alpha value is -3.65. The van der Waals surface area contributed by atoms with E-state index in [1.165, 1.54) is 18.3 Å². The van der Waals surface area contributed by atoms with Crippen LogP contribution < -0.4 is 21.7 Å². The second-order valence-corrected chi connectivity index (χ2v) is 7.35. The van der Waals surface area contributed by atoms with Gasteiger partial charge in [0.25, 0.3) is 5.91 Å². The molecule has 0 fully saturated rings. The molecule has 0 aliphatic rings. The van der Waals surface area contributed by atoms with E-state index < -0.39 is 0 Å². The van der Waals surface area contributed by atoms with Gasteiger partial charge in [0, 0.05) is 52.9 Å². The molecule has 0 radical (unpaired) electrons. The van der Waals surface area contributed by atoms with Crippen LogP contribution in [0, 0.1) is 0 Å². The van der Waals surface area contributed by atoms with Gasteiger partial charge in [-0.15, -0.1) is 11.3 Å². The number of aliphatic imine (C=N–C) groups is 1. The lowest BCUT2D eigenvalue weighted by Gasteiger charge is -2.08. The van der Waals surface area contributed by atoms with Gasteiger partial charge in [0.2, 0.25) is 5.91 Å². The first-order valence-electron chi connectivity index (χ1n) is 8.79. The second kappa shape index (κ2) is 8.57. The molecular formula is C21H21N5O2S. The predicted molar refractivity (Wildman–Crippen MR) is 121 cm³/mol. The minimum Gasteiger partial charge on any atom is -0.398 e. The van der Waals surface area contributed by atoms with E-state index in [0.29, 0.717) is 22.1 Å². The second-order valence-electron chi connectivity index (χ2n) is 6.26. The maximum absolute atomic E-state index is 11.8. The van der Waals surface area contributed by atoms with Crippen molar-refractivity contribution in [1.29, 1.82) is 0 Å². The Kier molecular flexibility index (Phi) is 5.94. The fourth-order valence-corrected chi connectivity index (χ4v) is 3.75. The number of benzene rings is 2. The third kappa shape index (κ3) is 4.80. The molecule has 148 valence electrons. The number of amides is 2. The molecule has 7 nitrogen and oxygen atoms in total. The minimum absolute atomic E-state index is 0.139. The zero-order valence-electron chi connectivity index (χ0n) is 16.1. The van der Waals surface area contributed by atoms with Crippen molar-refractivity contribution in [2.75, 3.05) is 23.4 Å². The van der Waals surface area contributed by atoms with Gasteiger partial charge in [-0.3, -0.25) is 9.59 Å². The molecule has 8 heteroatoms. The number of nitrogens with two attached hydrogens (primary N) is 1. The van der Waals surface area contributed by atoms with Gasteiger partial charge in [-0.25, -0.2) is 4.99 Å². The Morgan fingerprint density at radius 1 is 1.14 bits per heavy atom. The highest BCUT2D eigenvalue weighted by atomic mass is 32.1. The van der Waals surface area contributed by atoms with Crippen molar-refractivity contribution in [3.05, 3.63) is 65.3 Å². The minimum atomic E-state index is -0.141. The van der Waals surface area contributed by atoms with E-state index in [1.54, 1.807) is 31.5 Å². The van der Waals surface area contributed by atoms with Gasteiger partial charge < -0.3 is 21.7 Å². The molecule has 0 saturated carbocycles. The number of rotatable bonds is 6. The molecule has 0 bridgehead atoms. The van der Waals surface area contributed by atoms with Crippen LogP contribution in [0.4, 0.5) is 17.1 Å². The van der Waals surface area contributed by atoms with Gasteiger partial charge >= 0.3 is 0 Å². The molecule has 0 spiro atoms. The first-order valence-corrected chi connectivity index (χ1v) is 9.61. The zero-order valence-corrected chi connectivity index (χ0v) is 16.9. The lowest BCUT2D eigenvalue weighted by molar-refractivity contribution is -0.114. The average Bonchev–Trinajstić information content (AvgIpc) is 3.12. The monoisotopic (exact) mass is 407 g/mol. The summed E-state index contributed by atoms with van der Waals surface area (Å²) in [6.07, 6.45) is 1.62. The summed E-state index contributed by atoms with van der Waals surface area (Å²) in [6.45, 7) is 5.35. The van der Waals surface area contributed by atoms with Gasteiger partial charge in [-0.2, -0.15) is 0 Å². The van der Waals surface area contributed by atoms with Crippen LogP contribution in [0.2, 0.25) is 0 Å². The van der Waals surface area contributed by atoms with Crippen molar-refractivity contribution in [3.8, 4) is 0 Å². The van der Waals surface area contributed by atoms with Crippen LogP contribution in [0.5, 0.6) is 0 Å². The predicted octanol–water partition coefficient (Wildman–Crippen LogP) is 3.80. The van der Waals surface area contributed by atoms with E-state index >= 15 is 0 Å². The van der Waals surface area contributed by atoms with Gasteiger partial charge in [0.1, 0.15) is 5.82 Å². The Morgan fingerprint density at radius 3 is 2.55 bits per heavy atom. The number of anilines is 3. The quantitative estimate of drug-likeness (QED) is 0.368. The highest BCUT2D eigenvalue weighted by Crippen LogP contribution is 2.31. The van der Waals surface area contributed by atoms with Crippen molar-refractivity contribution in [1.82, 2.24) is 5.32 Å². The third-order valence-electron chi connectivity index (χ3n) is 4.06. The summed E-state index contributed by atoms with van der Waals surface area (Å²) in [7, 11) is 1.60. The Labute approximate surface area is 172 Å². The van der Waals surface area contributed by atoms with E-state index in [0.717, 1.165) is 21.3 Å². The molecule has 0 unspecified atom stereocenters. The molecule has 0 atom stereocenters. The largest absolute Gasteiger partial charge is 0.398 e.